The molecule has 206 valence electrons. The van der Waals surface area contributed by atoms with E-state index in [9.17, 15) is 4.79 Å². The number of aromatic nitrogens is 3. The summed E-state index contributed by atoms with van der Waals surface area (Å²) in [5, 5.41) is 4.90. The molecule has 0 saturated carbocycles. The molecule has 1 N–H and O–H groups in total. The van der Waals surface area contributed by atoms with Crippen LogP contribution >= 0.6 is 12.2 Å². The van der Waals surface area contributed by atoms with Gasteiger partial charge in [-0.25, -0.2) is 4.98 Å². The first kappa shape index (κ1) is 26.9. The molecule has 0 spiro atoms. The van der Waals surface area contributed by atoms with Crippen molar-refractivity contribution in [3.63, 3.8) is 0 Å². The van der Waals surface area contributed by atoms with Crippen molar-refractivity contribution >= 4 is 50.2 Å². The molecule has 3 heterocycles. The van der Waals surface area contributed by atoms with Crippen LogP contribution in [0.3, 0.4) is 0 Å². The number of fused-ring (bicyclic) bond motifs is 1. The smallest absolute Gasteiger partial charge is 0.189 e. The van der Waals surface area contributed by atoms with Gasteiger partial charge in [-0.1, -0.05) is 78.9 Å². The normalized spacial score (nSPS) is 10.8. The zero-order valence-electron chi connectivity index (χ0n) is 22.9. The number of imidazole rings is 1. The number of nitrogens with zero attached hydrogens (tertiary/aromatic N) is 3. The average Bonchev–Trinajstić information content (AvgIpc) is 3.42. The lowest BCUT2D eigenvalue weighted by atomic mass is 10.1. The molecular formula is C34H26N4O3S. The molecule has 0 aliphatic rings. The molecule has 3 aromatic heterocycles. The van der Waals surface area contributed by atoms with E-state index in [0.717, 1.165) is 50.3 Å². The van der Waals surface area contributed by atoms with E-state index < -0.39 is 0 Å². The van der Waals surface area contributed by atoms with E-state index in [1.54, 1.807) is 38.7 Å². The van der Waals surface area contributed by atoms with Gasteiger partial charge >= 0.3 is 0 Å². The highest BCUT2D eigenvalue weighted by Gasteiger charge is 2.15. The molecule has 0 saturated heterocycles. The van der Waals surface area contributed by atoms with E-state index in [0.29, 0.717) is 16.1 Å². The molecule has 7 rings (SSSR count). The molecule has 0 fully saturated rings. The van der Waals surface area contributed by atoms with Crippen LogP contribution in [0.5, 0.6) is 11.5 Å². The van der Waals surface area contributed by atoms with Crippen molar-refractivity contribution in [3.05, 3.63) is 131 Å². The lowest BCUT2D eigenvalue weighted by Crippen LogP contribution is -2.11. The van der Waals surface area contributed by atoms with E-state index in [2.05, 4.69) is 15.3 Å². The molecule has 0 aliphatic carbocycles. The highest BCUT2D eigenvalue weighted by atomic mass is 32.1. The third-order valence-corrected chi connectivity index (χ3v) is 7.20. The molecule has 0 unspecified atom stereocenters. The summed E-state index contributed by atoms with van der Waals surface area (Å²) < 4.78 is 12.6. The van der Waals surface area contributed by atoms with Gasteiger partial charge in [0.15, 0.2) is 5.43 Å². The summed E-state index contributed by atoms with van der Waals surface area (Å²) in [6.45, 7) is 0. The Morgan fingerprint density at radius 1 is 0.833 bits per heavy atom. The van der Waals surface area contributed by atoms with Crippen LogP contribution in [0.1, 0.15) is 5.56 Å². The minimum atomic E-state index is -0.0223. The summed E-state index contributed by atoms with van der Waals surface area (Å²) in [6.07, 6.45) is 3.55. The molecule has 0 radical (unpaired) electrons. The van der Waals surface area contributed by atoms with Crippen molar-refractivity contribution in [1.82, 2.24) is 14.4 Å². The summed E-state index contributed by atoms with van der Waals surface area (Å²) in [5.41, 5.74) is 5.28. The van der Waals surface area contributed by atoms with Crippen LogP contribution < -0.4 is 20.2 Å². The van der Waals surface area contributed by atoms with Crippen LogP contribution in [-0.2, 0) is 0 Å². The Kier molecular flexibility index (Phi) is 7.45. The standard InChI is InChI=1S/C17H12N2O2.C17H14N2OS/c1-21-12-9-13-15(20)7-8-19-16(13)14(10-12)18-17(19)11-5-3-2-4-6-11;1-20-14-10-13-8-5-9-18-16(13)15(11-14)19-17(21)12-6-3-2-4-7-12/h2-10H,1H3;2-11H,1H3,(H,19,21). The number of hydrogen-bond donors (Lipinski definition) is 1. The summed E-state index contributed by atoms with van der Waals surface area (Å²) >= 11 is 5.47. The van der Waals surface area contributed by atoms with Crippen molar-refractivity contribution < 1.29 is 9.47 Å². The molecule has 0 atom stereocenters. The van der Waals surface area contributed by atoms with Gasteiger partial charge in [0.2, 0.25) is 0 Å². The maximum Gasteiger partial charge on any atom is 0.189 e. The number of rotatable bonds is 5. The minimum absolute atomic E-state index is 0.0223. The highest BCUT2D eigenvalue weighted by Crippen LogP contribution is 2.30. The average molecular weight is 571 g/mol. The predicted octanol–water partition coefficient (Wildman–Crippen LogP) is 6.99. The molecule has 0 amide bonds. The first-order chi connectivity index (χ1) is 20.6. The lowest BCUT2D eigenvalue weighted by molar-refractivity contribution is 0.415. The van der Waals surface area contributed by atoms with E-state index in [1.165, 1.54) is 0 Å². The Balaban J connectivity index is 0.000000150. The third kappa shape index (κ3) is 5.23. The van der Waals surface area contributed by atoms with Crippen molar-refractivity contribution in [2.75, 3.05) is 19.5 Å². The lowest BCUT2D eigenvalue weighted by Gasteiger charge is -2.12. The van der Waals surface area contributed by atoms with E-state index in [1.807, 2.05) is 95.4 Å². The highest BCUT2D eigenvalue weighted by molar-refractivity contribution is 7.81. The number of pyridine rings is 2. The van der Waals surface area contributed by atoms with Gasteiger partial charge in [0.25, 0.3) is 0 Å². The monoisotopic (exact) mass is 570 g/mol. The third-order valence-electron chi connectivity index (χ3n) is 6.87. The van der Waals surface area contributed by atoms with Gasteiger partial charge in [-0.3, -0.25) is 14.2 Å². The summed E-state index contributed by atoms with van der Waals surface area (Å²) in [7, 11) is 3.24. The molecule has 0 aliphatic heterocycles. The molecule has 0 bridgehead atoms. The fourth-order valence-corrected chi connectivity index (χ4v) is 5.09. The number of nitrogens with one attached hydrogen (secondary N) is 1. The zero-order chi connectivity index (χ0) is 29.1. The first-order valence-electron chi connectivity index (χ1n) is 13.2. The van der Waals surface area contributed by atoms with Gasteiger partial charge in [0.05, 0.1) is 41.8 Å². The Hall–Kier alpha value is -5.34. The fraction of sp³-hybridized carbons (Fsp3) is 0.0588. The minimum Gasteiger partial charge on any atom is -0.497 e. The van der Waals surface area contributed by atoms with Crippen LogP contribution in [0.15, 0.2) is 120 Å². The van der Waals surface area contributed by atoms with Gasteiger partial charge in [0.1, 0.15) is 22.3 Å². The SMILES string of the molecule is COc1cc(NC(=S)c2ccccc2)c2ncccc2c1.COc1cc2nc(-c3ccccc3)n3ccc(=O)c(c1)c23. The summed E-state index contributed by atoms with van der Waals surface area (Å²) in [4.78, 5) is 21.9. The van der Waals surface area contributed by atoms with Crippen molar-refractivity contribution in [1.29, 1.82) is 0 Å². The molecule has 8 heteroatoms. The molecule has 42 heavy (non-hydrogen) atoms. The van der Waals surface area contributed by atoms with Crippen LogP contribution in [-0.4, -0.2) is 33.6 Å². The van der Waals surface area contributed by atoms with E-state index in [-0.39, 0.29) is 5.43 Å². The van der Waals surface area contributed by atoms with Crippen LogP contribution in [0, 0.1) is 0 Å². The Morgan fingerprint density at radius 3 is 2.29 bits per heavy atom. The number of thiocarbonyl (C=S) groups is 1. The van der Waals surface area contributed by atoms with Crippen molar-refractivity contribution in [2.24, 2.45) is 0 Å². The van der Waals surface area contributed by atoms with Gasteiger partial charge in [-0.05, 0) is 18.2 Å². The van der Waals surface area contributed by atoms with E-state index >= 15 is 0 Å². The van der Waals surface area contributed by atoms with Gasteiger partial charge in [0, 0.05) is 47.1 Å². The number of benzene rings is 4. The van der Waals surface area contributed by atoms with Crippen LogP contribution in [0.4, 0.5) is 5.69 Å². The van der Waals surface area contributed by atoms with Crippen molar-refractivity contribution in [2.45, 2.75) is 0 Å². The van der Waals surface area contributed by atoms with Gasteiger partial charge < -0.3 is 14.8 Å². The molecular weight excluding hydrogens is 544 g/mol. The predicted molar refractivity (Wildman–Crippen MR) is 172 cm³/mol. The molecule has 7 aromatic rings. The zero-order valence-corrected chi connectivity index (χ0v) is 23.8. The second-order valence-electron chi connectivity index (χ2n) is 9.46. The summed E-state index contributed by atoms with van der Waals surface area (Å²) in [6, 6.07) is 32.7. The topological polar surface area (TPSA) is 77.8 Å². The van der Waals surface area contributed by atoms with Crippen LogP contribution in [0.25, 0.3) is 38.7 Å². The Labute approximate surface area is 247 Å². The number of hydrogen-bond acceptors (Lipinski definition) is 6. The number of methoxy groups -OCH3 is 2. The second kappa shape index (κ2) is 11.6. The second-order valence-corrected chi connectivity index (χ2v) is 9.87. The quantitative estimate of drug-likeness (QED) is 0.224. The van der Waals surface area contributed by atoms with Crippen LogP contribution in [0.2, 0.25) is 0 Å². The molecule has 7 nitrogen and oxygen atoms in total. The number of ether oxygens (including phenoxy) is 2. The molecule has 4 aromatic carbocycles. The Bertz CT molecular complexity index is 2080. The van der Waals surface area contributed by atoms with E-state index in [4.69, 9.17) is 21.7 Å². The maximum absolute atomic E-state index is 12.1. The largest absolute Gasteiger partial charge is 0.497 e. The van der Waals surface area contributed by atoms with Crippen molar-refractivity contribution in [3.8, 4) is 22.9 Å². The maximum atomic E-state index is 12.1. The summed E-state index contributed by atoms with van der Waals surface area (Å²) in [5.74, 6) is 2.24. The fourth-order valence-electron chi connectivity index (χ4n) is 4.84. The van der Waals surface area contributed by atoms with Gasteiger partial charge in [-0.15, -0.1) is 0 Å². The van der Waals surface area contributed by atoms with Gasteiger partial charge in [-0.2, -0.15) is 0 Å². The number of anilines is 1. The first-order valence-corrected chi connectivity index (χ1v) is 13.6. The Morgan fingerprint density at radius 2 is 1.55 bits per heavy atom.